The number of halogens is 1. The highest BCUT2D eigenvalue weighted by molar-refractivity contribution is 7.88. The van der Waals surface area contributed by atoms with Gasteiger partial charge in [0, 0.05) is 38.8 Å². The van der Waals surface area contributed by atoms with Gasteiger partial charge in [-0.2, -0.15) is 0 Å². The van der Waals surface area contributed by atoms with Gasteiger partial charge in [-0.25, -0.2) is 17.1 Å². The molecule has 2 aliphatic heterocycles. The smallest absolute Gasteiger partial charge is 0.312 e. The summed E-state index contributed by atoms with van der Waals surface area (Å²) in [6.45, 7) is 1.73. The number of amides is 2. The standard InChI is InChI=1S/C23H26FN3O4S/c24-20-8-6-18(7-9-20)16-25-14-15-27(23(29)22(25)28)21-10-12-26(13-11-21)32(30,31)17-19-4-2-1-3-5-19/h1-9,21H,10-17H2. The van der Waals surface area contributed by atoms with E-state index < -0.39 is 21.8 Å². The van der Waals surface area contributed by atoms with Gasteiger partial charge in [0.25, 0.3) is 0 Å². The molecule has 0 N–H and O–H groups in total. The molecule has 170 valence electrons. The molecule has 7 nitrogen and oxygen atoms in total. The van der Waals surface area contributed by atoms with Crippen LogP contribution in [0.2, 0.25) is 0 Å². The van der Waals surface area contributed by atoms with E-state index in [0.29, 0.717) is 39.0 Å². The molecule has 2 amide bonds. The molecule has 0 aliphatic carbocycles. The topological polar surface area (TPSA) is 78.0 Å². The fraction of sp³-hybridized carbons (Fsp3) is 0.391. The zero-order valence-electron chi connectivity index (χ0n) is 17.7. The molecule has 2 aromatic rings. The number of carbonyl (C=O) groups is 2. The van der Waals surface area contributed by atoms with E-state index in [1.807, 2.05) is 18.2 Å². The molecule has 2 aliphatic rings. The largest absolute Gasteiger partial charge is 0.330 e. The number of carbonyl (C=O) groups excluding carboxylic acids is 2. The van der Waals surface area contributed by atoms with E-state index in [0.717, 1.165) is 11.1 Å². The van der Waals surface area contributed by atoms with Gasteiger partial charge in [0.05, 0.1) is 5.75 Å². The van der Waals surface area contributed by atoms with Gasteiger partial charge < -0.3 is 9.80 Å². The Morgan fingerprint density at radius 1 is 0.812 bits per heavy atom. The fourth-order valence-electron chi connectivity index (χ4n) is 4.31. The van der Waals surface area contributed by atoms with Crippen LogP contribution >= 0.6 is 0 Å². The zero-order chi connectivity index (χ0) is 22.7. The minimum absolute atomic E-state index is 0.0437. The van der Waals surface area contributed by atoms with Crippen LogP contribution in [-0.4, -0.2) is 66.6 Å². The lowest BCUT2D eigenvalue weighted by atomic mass is 10.0. The van der Waals surface area contributed by atoms with Crippen LogP contribution in [0.4, 0.5) is 4.39 Å². The number of rotatable bonds is 6. The fourth-order valence-corrected chi connectivity index (χ4v) is 5.87. The molecule has 0 spiro atoms. The van der Waals surface area contributed by atoms with Crippen LogP contribution in [0.5, 0.6) is 0 Å². The highest BCUT2D eigenvalue weighted by Crippen LogP contribution is 2.23. The highest BCUT2D eigenvalue weighted by Gasteiger charge is 2.38. The molecule has 32 heavy (non-hydrogen) atoms. The Bertz CT molecular complexity index is 1070. The summed E-state index contributed by atoms with van der Waals surface area (Å²) in [5.74, 6) is -1.51. The third-order valence-corrected chi connectivity index (χ3v) is 7.93. The molecule has 4 rings (SSSR count). The van der Waals surface area contributed by atoms with E-state index in [1.54, 1.807) is 29.2 Å². The molecule has 2 fully saturated rings. The van der Waals surface area contributed by atoms with Gasteiger partial charge in [0.2, 0.25) is 10.0 Å². The van der Waals surface area contributed by atoms with Crippen LogP contribution in [0.1, 0.15) is 24.0 Å². The summed E-state index contributed by atoms with van der Waals surface area (Å²) >= 11 is 0. The van der Waals surface area contributed by atoms with Gasteiger partial charge >= 0.3 is 11.8 Å². The van der Waals surface area contributed by atoms with Gasteiger partial charge in [-0.15, -0.1) is 0 Å². The summed E-state index contributed by atoms with van der Waals surface area (Å²) < 4.78 is 40.1. The van der Waals surface area contributed by atoms with Crippen molar-refractivity contribution in [2.75, 3.05) is 26.2 Å². The maximum absolute atomic E-state index is 13.1. The van der Waals surface area contributed by atoms with Crippen LogP contribution in [0.15, 0.2) is 54.6 Å². The van der Waals surface area contributed by atoms with Gasteiger partial charge in [0.15, 0.2) is 0 Å². The maximum atomic E-state index is 13.1. The second kappa shape index (κ2) is 9.38. The van der Waals surface area contributed by atoms with E-state index in [-0.39, 0.29) is 24.2 Å². The van der Waals surface area contributed by atoms with E-state index in [2.05, 4.69) is 0 Å². The van der Waals surface area contributed by atoms with Crippen LogP contribution < -0.4 is 0 Å². The Hall–Kier alpha value is -2.78. The molecule has 0 bridgehead atoms. The van der Waals surface area contributed by atoms with Crippen molar-refractivity contribution in [2.24, 2.45) is 0 Å². The lowest BCUT2D eigenvalue weighted by Gasteiger charge is -2.41. The van der Waals surface area contributed by atoms with Crippen molar-refractivity contribution in [3.8, 4) is 0 Å². The van der Waals surface area contributed by atoms with E-state index in [9.17, 15) is 22.4 Å². The number of hydrogen-bond acceptors (Lipinski definition) is 4. The summed E-state index contributed by atoms with van der Waals surface area (Å²) in [7, 11) is -3.43. The number of piperidine rings is 1. The Labute approximate surface area is 187 Å². The van der Waals surface area contributed by atoms with Crippen molar-refractivity contribution in [1.29, 1.82) is 0 Å². The number of hydrogen-bond donors (Lipinski definition) is 0. The number of nitrogens with zero attached hydrogens (tertiary/aromatic N) is 3. The maximum Gasteiger partial charge on any atom is 0.312 e. The molecule has 2 heterocycles. The second-order valence-electron chi connectivity index (χ2n) is 8.22. The Kier molecular flexibility index (Phi) is 6.57. The highest BCUT2D eigenvalue weighted by atomic mass is 32.2. The van der Waals surface area contributed by atoms with Gasteiger partial charge in [0.1, 0.15) is 5.82 Å². The van der Waals surface area contributed by atoms with Crippen LogP contribution in [0, 0.1) is 5.82 Å². The van der Waals surface area contributed by atoms with Gasteiger partial charge in [-0.1, -0.05) is 42.5 Å². The van der Waals surface area contributed by atoms with Crippen LogP contribution in [-0.2, 0) is 31.9 Å². The van der Waals surface area contributed by atoms with E-state index in [4.69, 9.17) is 0 Å². The van der Waals surface area contributed by atoms with E-state index >= 15 is 0 Å². The molecule has 0 unspecified atom stereocenters. The van der Waals surface area contributed by atoms with Gasteiger partial charge in [-0.3, -0.25) is 9.59 Å². The SMILES string of the molecule is O=C1C(=O)N(C2CCN(S(=O)(=O)Cc3ccccc3)CC2)CCN1Cc1ccc(F)cc1. The average molecular weight is 460 g/mol. The van der Waals surface area contributed by atoms with E-state index in [1.165, 1.54) is 21.3 Å². The first-order valence-corrected chi connectivity index (χ1v) is 12.3. The first kappa shape index (κ1) is 22.4. The first-order valence-electron chi connectivity index (χ1n) is 10.7. The van der Waals surface area contributed by atoms with Crippen molar-refractivity contribution < 1.29 is 22.4 Å². The molecule has 2 aromatic carbocycles. The van der Waals surface area contributed by atoms with Crippen molar-refractivity contribution in [3.63, 3.8) is 0 Å². The third-order valence-electron chi connectivity index (χ3n) is 6.08. The van der Waals surface area contributed by atoms with Gasteiger partial charge in [-0.05, 0) is 36.1 Å². The molecule has 0 radical (unpaired) electrons. The number of benzene rings is 2. The molecule has 9 heteroatoms. The predicted molar refractivity (Wildman–Crippen MR) is 117 cm³/mol. The van der Waals surface area contributed by atoms with Crippen molar-refractivity contribution in [1.82, 2.24) is 14.1 Å². The zero-order valence-corrected chi connectivity index (χ0v) is 18.5. The second-order valence-corrected chi connectivity index (χ2v) is 10.2. The Morgan fingerprint density at radius 2 is 1.47 bits per heavy atom. The quantitative estimate of drug-likeness (QED) is 0.619. The molecule has 0 saturated carbocycles. The van der Waals surface area contributed by atoms with Crippen molar-refractivity contribution in [3.05, 3.63) is 71.5 Å². The summed E-state index contributed by atoms with van der Waals surface area (Å²) in [5.41, 5.74) is 1.51. The molecular formula is C23H26FN3O4S. The Balaban J connectivity index is 1.32. The van der Waals surface area contributed by atoms with Crippen molar-refractivity contribution >= 4 is 21.8 Å². The third kappa shape index (κ3) is 4.99. The molecule has 0 atom stereocenters. The summed E-state index contributed by atoms with van der Waals surface area (Å²) in [6, 6.07) is 14.8. The normalized spacial score (nSPS) is 18.9. The molecule has 2 saturated heterocycles. The average Bonchev–Trinajstić information content (AvgIpc) is 2.79. The van der Waals surface area contributed by atoms with Crippen LogP contribution in [0.3, 0.4) is 0 Å². The summed E-state index contributed by atoms with van der Waals surface area (Å²) in [5, 5.41) is 0. The molecular weight excluding hydrogens is 433 g/mol. The lowest BCUT2D eigenvalue weighted by molar-refractivity contribution is -0.158. The Morgan fingerprint density at radius 3 is 2.12 bits per heavy atom. The summed E-state index contributed by atoms with van der Waals surface area (Å²) in [4.78, 5) is 28.4. The predicted octanol–water partition coefficient (Wildman–Crippen LogP) is 1.99. The lowest BCUT2D eigenvalue weighted by Crippen LogP contribution is -2.59. The minimum Gasteiger partial charge on any atom is -0.330 e. The monoisotopic (exact) mass is 459 g/mol. The summed E-state index contributed by atoms with van der Waals surface area (Å²) in [6.07, 6.45) is 1.01. The number of sulfonamides is 1. The van der Waals surface area contributed by atoms with Crippen molar-refractivity contribution in [2.45, 2.75) is 31.2 Å². The first-order chi connectivity index (χ1) is 15.3. The van der Waals surface area contributed by atoms with Crippen LogP contribution in [0.25, 0.3) is 0 Å². The minimum atomic E-state index is -3.43. The number of piperazine rings is 1. The molecule has 0 aromatic heterocycles.